The van der Waals surface area contributed by atoms with Gasteiger partial charge in [-0.25, -0.2) is 9.48 Å². The van der Waals surface area contributed by atoms with Crippen LogP contribution in [0.25, 0.3) is 0 Å². The zero-order valence-corrected chi connectivity index (χ0v) is 19.8. The lowest BCUT2D eigenvalue weighted by Crippen LogP contribution is -2.50. The highest BCUT2D eigenvalue weighted by atomic mass is 16.6. The van der Waals surface area contributed by atoms with Crippen molar-refractivity contribution in [1.29, 1.82) is 0 Å². The van der Waals surface area contributed by atoms with E-state index in [-0.39, 0.29) is 11.7 Å². The molecule has 32 heavy (non-hydrogen) atoms. The molecule has 0 unspecified atom stereocenters. The van der Waals surface area contributed by atoms with Crippen molar-refractivity contribution < 1.29 is 14.3 Å². The van der Waals surface area contributed by atoms with E-state index in [9.17, 15) is 9.59 Å². The third kappa shape index (κ3) is 5.95. The van der Waals surface area contributed by atoms with Crippen LogP contribution < -0.4 is 15.2 Å². The number of carbonyl (C=O) groups excluding carboxylic acids is 1. The van der Waals surface area contributed by atoms with E-state index in [1.165, 1.54) is 38.5 Å². The fraction of sp³-hybridized carbons (Fsp3) is 0.792. The molecule has 2 heterocycles. The largest absolute Gasteiger partial charge is 0.486 e. The quantitative estimate of drug-likeness (QED) is 0.636. The second-order valence-corrected chi connectivity index (χ2v) is 10.5. The molecule has 0 aromatic carbocycles. The van der Waals surface area contributed by atoms with Gasteiger partial charge in [0.1, 0.15) is 11.3 Å². The number of hydrogen-bond donors (Lipinski definition) is 0. The Kier molecular flexibility index (Phi) is 6.96. The van der Waals surface area contributed by atoms with Crippen molar-refractivity contribution >= 4 is 11.8 Å². The second-order valence-electron chi connectivity index (χ2n) is 10.5. The molecule has 3 aliphatic rings. The maximum atomic E-state index is 13.2. The first-order chi connectivity index (χ1) is 15.3. The SMILES string of the molecule is CC(C)(C)OC(=O)N1CCN(c2cnn(CC3CC3)c(=O)c2OCCC2CCCC2)CC1. The average molecular weight is 447 g/mol. The molecule has 3 fully saturated rings. The Balaban J connectivity index is 1.44. The average Bonchev–Trinajstić information content (AvgIpc) is 3.41. The van der Waals surface area contributed by atoms with E-state index in [4.69, 9.17) is 9.47 Å². The van der Waals surface area contributed by atoms with E-state index in [0.29, 0.717) is 56.9 Å². The van der Waals surface area contributed by atoms with E-state index < -0.39 is 5.60 Å². The zero-order valence-electron chi connectivity index (χ0n) is 19.8. The fourth-order valence-electron chi connectivity index (χ4n) is 4.58. The van der Waals surface area contributed by atoms with Crippen molar-refractivity contribution in [1.82, 2.24) is 14.7 Å². The monoisotopic (exact) mass is 446 g/mol. The highest BCUT2D eigenvalue weighted by Crippen LogP contribution is 2.32. The maximum absolute atomic E-state index is 13.2. The smallest absolute Gasteiger partial charge is 0.410 e. The van der Waals surface area contributed by atoms with Gasteiger partial charge in [-0.1, -0.05) is 25.7 Å². The van der Waals surface area contributed by atoms with Gasteiger partial charge in [0.25, 0.3) is 0 Å². The van der Waals surface area contributed by atoms with Gasteiger partial charge < -0.3 is 19.3 Å². The van der Waals surface area contributed by atoms with Gasteiger partial charge in [0.2, 0.25) is 5.75 Å². The Morgan fingerprint density at radius 2 is 1.75 bits per heavy atom. The minimum atomic E-state index is -0.509. The number of hydrogen-bond acceptors (Lipinski definition) is 6. The molecule has 1 aliphatic heterocycles. The number of piperazine rings is 1. The van der Waals surface area contributed by atoms with E-state index in [2.05, 4.69) is 10.00 Å². The number of aromatic nitrogens is 2. The summed E-state index contributed by atoms with van der Waals surface area (Å²) in [6.45, 7) is 9.18. The summed E-state index contributed by atoms with van der Waals surface area (Å²) in [7, 11) is 0. The predicted octanol–water partition coefficient (Wildman–Crippen LogP) is 3.67. The molecule has 1 amide bonds. The molecular weight excluding hydrogens is 408 g/mol. The molecule has 0 N–H and O–H groups in total. The third-order valence-electron chi connectivity index (χ3n) is 6.63. The van der Waals surface area contributed by atoms with Crippen LogP contribution in [0.4, 0.5) is 10.5 Å². The standard InChI is InChI=1S/C24H38N4O4/c1-24(2,3)32-23(30)27-13-11-26(12-14-27)20-16-25-28(17-19-8-9-19)22(29)21(20)31-15-10-18-6-4-5-7-18/h16,18-19H,4-15,17H2,1-3H3. The lowest BCUT2D eigenvalue weighted by Gasteiger charge is -2.37. The minimum absolute atomic E-state index is 0.129. The Hall–Kier alpha value is -2.25. The van der Waals surface area contributed by atoms with E-state index in [0.717, 1.165) is 12.1 Å². The number of carbonyl (C=O) groups is 1. The third-order valence-corrected chi connectivity index (χ3v) is 6.63. The summed E-state index contributed by atoms with van der Waals surface area (Å²) in [5, 5.41) is 4.46. The van der Waals surface area contributed by atoms with Gasteiger partial charge in [0, 0.05) is 32.7 Å². The normalized spacial score (nSPS) is 20.0. The van der Waals surface area contributed by atoms with Crippen LogP contribution in [0.3, 0.4) is 0 Å². The van der Waals surface area contributed by atoms with Crippen LogP contribution in [0.2, 0.25) is 0 Å². The first-order valence-electron chi connectivity index (χ1n) is 12.3. The summed E-state index contributed by atoms with van der Waals surface area (Å²) in [4.78, 5) is 29.4. The van der Waals surface area contributed by atoms with Crippen LogP contribution in [0.1, 0.15) is 65.7 Å². The van der Waals surface area contributed by atoms with Crippen LogP contribution >= 0.6 is 0 Å². The first kappa shape index (κ1) is 22.9. The number of amides is 1. The number of anilines is 1. The number of nitrogens with zero attached hydrogens (tertiary/aromatic N) is 4. The molecule has 8 nitrogen and oxygen atoms in total. The Morgan fingerprint density at radius 3 is 2.38 bits per heavy atom. The van der Waals surface area contributed by atoms with Gasteiger partial charge in [-0.3, -0.25) is 4.79 Å². The van der Waals surface area contributed by atoms with E-state index in [1.807, 2.05) is 20.8 Å². The van der Waals surface area contributed by atoms with Gasteiger partial charge in [0.15, 0.2) is 0 Å². The topological polar surface area (TPSA) is 76.9 Å². The highest BCUT2D eigenvalue weighted by Gasteiger charge is 2.29. The molecule has 0 radical (unpaired) electrons. The molecule has 2 aliphatic carbocycles. The molecule has 178 valence electrons. The van der Waals surface area contributed by atoms with Crippen LogP contribution in [-0.4, -0.2) is 59.2 Å². The van der Waals surface area contributed by atoms with E-state index in [1.54, 1.807) is 15.8 Å². The molecule has 1 aromatic heterocycles. The predicted molar refractivity (Wildman–Crippen MR) is 123 cm³/mol. The summed E-state index contributed by atoms with van der Waals surface area (Å²) >= 11 is 0. The summed E-state index contributed by atoms with van der Waals surface area (Å²) in [6.07, 6.45) is 9.97. The van der Waals surface area contributed by atoms with Crippen molar-refractivity contribution in [3.8, 4) is 5.75 Å². The van der Waals surface area contributed by atoms with Crippen LogP contribution in [0, 0.1) is 11.8 Å². The highest BCUT2D eigenvalue weighted by molar-refractivity contribution is 5.69. The van der Waals surface area contributed by atoms with Crippen molar-refractivity contribution in [3.63, 3.8) is 0 Å². The number of ether oxygens (including phenoxy) is 2. The summed E-state index contributed by atoms with van der Waals surface area (Å²) in [6, 6.07) is 0. The van der Waals surface area contributed by atoms with Crippen molar-refractivity contribution in [2.45, 2.75) is 77.9 Å². The molecule has 1 aromatic rings. The molecule has 0 atom stereocenters. The molecule has 1 saturated heterocycles. The molecule has 0 spiro atoms. The Morgan fingerprint density at radius 1 is 1.06 bits per heavy atom. The second kappa shape index (κ2) is 9.71. The molecule has 2 saturated carbocycles. The van der Waals surface area contributed by atoms with E-state index >= 15 is 0 Å². The van der Waals surface area contributed by atoms with Crippen molar-refractivity contribution in [3.05, 3.63) is 16.6 Å². The lowest BCUT2D eigenvalue weighted by atomic mass is 10.1. The molecule has 0 bridgehead atoms. The van der Waals surface area contributed by atoms with Crippen molar-refractivity contribution in [2.24, 2.45) is 11.8 Å². The van der Waals surface area contributed by atoms with Gasteiger partial charge in [-0.15, -0.1) is 0 Å². The van der Waals surface area contributed by atoms with Crippen LogP contribution in [0.15, 0.2) is 11.0 Å². The Bertz CT molecular complexity index is 845. The van der Waals surface area contributed by atoms with Gasteiger partial charge in [-0.2, -0.15) is 5.10 Å². The fourth-order valence-corrected chi connectivity index (χ4v) is 4.58. The summed E-state index contributed by atoms with van der Waals surface area (Å²) in [5.74, 6) is 1.70. The number of rotatable bonds is 7. The van der Waals surface area contributed by atoms with Crippen LogP contribution in [-0.2, 0) is 11.3 Å². The van der Waals surface area contributed by atoms with Gasteiger partial charge in [-0.05, 0) is 51.9 Å². The molecular formula is C24H38N4O4. The summed E-state index contributed by atoms with van der Waals surface area (Å²) in [5.41, 5.74) is 0.109. The maximum Gasteiger partial charge on any atom is 0.410 e. The minimum Gasteiger partial charge on any atom is -0.486 e. The Labute approximate surface area is 190 Å². The van der Waals surface area contributed by atoms with Gasteiger partial charge >= 0.3 is 11.7 Å². The van der Waals surface area contributed by atoms with Crippen LogP contribution in [0.5, 0.6) is 5.75 Å². The zero-order chi connectivity index (χ0) is 22.7. The van der Waals surface area contributed by atoms with Gasteiger partial charge in [0.05, 0.1) is 12.8 Å². The van der Waals surface area contributed by atoms with Crippen molar-refractivity contribution in [2.75, 3.05) is 37.7 Å². The first-order valence-corrected chi connectivity index (χ1v) is 12.3. The molecule has 4 rings (SSSR count). The lowest BCUT2D eigenvalue weighted by molar-refractivity contribution is 0.0240. The molecule has 8 heteroatoms. The summed E-state index contributed by atoms with van der Waals surface area (Å²) < 4.78 is 13.2.